The van der Waals surface area contributed by atoms with Gasteiger partial charge in [0.05, 0.1) is 6.61 Å². The highest BCUT2D eigenvalue weighted by Crippen LogP contribution is 2.18. The maximum absolute atomic E-state index is 12.1. The van der Waals surface area contributed by atoms with Gasteiger partial charge in [-0.2, -0.15) is 0 Å². The minimum absolute atomic E-state index is 0.0481. The molecular formula is C18H19NO4. The van der Waals surface area contributed by atoms with E-state index in [9.17, 15) is 9.59 Å². The fourth-order valence-corrected chi connectivity index (χ4v) is 1.97. The third kappa shape index (κ3) is 5.14. The molecule has 2 aromatic carbocycles. The number of hydrogen-bond acceptors (Lipinski definition) is 4. The summed E-state index contributed by atoms with van der Waals surface area (Å²) in [4.78, 5) is 23.0. The normalized spacial score (nSPS) is 10.0. The molecule has 0 saturated heterocycles. The van der Waals surface area contributed by atoms with E-state index in [0.29, 0.717) is 23.6 Å². The van der Waals surface area contributed by atoms with Crippen LogP contribution in [0.5, 0.6) is 11.5 Å². The van der Waals surface area contributed by atoms with Crippen LogP contribution >= 0.6 is 0 Å². The molecule has 2 aromatic rings. The molecule has 0 aromatic heterocycles. The molecule has 0 aliphatic carbocycles. The van der Waals surface area contributed by atoms with Gasteiger partial charge >= 0.3 is 0 Å². The van der Waals surface area contributed by atoms with Crippen molar-refractivity contribution in [3.05, 3.63) is 54.1 Å². The van der Waals surface area contributed by atoms with E-state index in [2.05, 4.69) is 5.32 Å². The quantitative estimate of drug-likeness (QED) is 0.797. The maximum Gasteiger partial charge on any atom is 0.221 e. The van der Waals surface area contributed by atoms with Crippen LogP contribution in [0.15, 0.2) is 48.5 Å². The molecule has 5 nitrogen and oxygen atoms in total. The van der Waals surface area contributed by atoms with Crippen LogP contribution in [0.4, 0.5) is 5.69 Å². The highest BCUT2D eigenvalue weighted by Gasteiger charge is 2.07. The Kier molecular flexibility index (Phi) is 5.74. The Bertz CT molecular complexity index is 662. The van der Waals surface area contributed by atoms with Crippen molar-refractivity contribution in [2.75, 3.05) is 18.5 Å². The third-order valence-corrected chi connectivity index (χ3v) is 3.03. The molecule has 0 radical (unpaired) electrons. The Morgan fingerprint density at radius 2 is 1.48 bits per heavy atom. The monoisotopic (exact) mass is 313 g/mol. The Balaban J connectivity index is 1.90. The van der Waals surface area contributed by atoms with E-state index in [-0.39, 0.29) is 18.3 Å². The van der Waals surface area contributed by atoms with Crippen molar-refractivity contribution in [2.24, 2.45) is 0 Å². The predicted octanol–water partition coefficient (Wildman–Crippen LogP) is 3.31. The van der Waals surface area contributed by atoms with Gasteiger partial charge in [-0.3, -0.25) is 9.59 Å². The molecule has 5 heteroatoms. The van der Waals surface area contributed by atoms with E-state index in [1.807, 2.05) is 6.92 Å². The fourth-order valence-electron chi connectivity index (χ4n) is 1.97. The van der Waals surface area contributed by atoms with Gasteiger partial charge in [-0.05, 0) is 55.5 Å². The molecule has 1 amide bonds. The SMILES string of the molecule is CCOc1ccc(OCC(=O)c2ccc(NC(C)=O)cc2)cc1. The average molecular weight is 313 g/mol. The number of ketones is 1. The fraction of sp³-hybridized carbons (Fsp3) is 0.222. The summed E-state index contributed by atoms with van der Waals surface area (Å²) in [5.41, 5.74) is 1.19. The third-order valence-electron chi connectivity index (χ3n) is 3.03. The minimum Gasteiger partial charge on any atom is -0.494 e. The van der Waals surface area contributed by atoms with Crippen molar-refractivity contribution < 1.29 is 19.1 Å². The highest BCUT2D eigenvalue weighted by molar-refractivity contribution is 5.98. The lowest BCUT2D eigenvalue weighted by Crippen LogP contribution is -2.12. The van der Waals surface area contributed by atoms with E-state index in [4.69, 9.17) is 9.47 Å². The number of nitrogens with one attached hydrogen (secondary N) is 1. The number of carbonyl (C=O) groups is 2. The zero-order chi connectivity index (χ0) is 16.7. The summed E-state index contributed by atoms with van der Waals surface area (Å²) in [5.74, 6) is 1.09. The molecule has 0 unspecified atom stereocenters. The number of rotatable bonds is 7. The second-order valence-corrected chi connectivity index (χ2v) is 4.87. The summed E-state index contributed by atoms with van der Waals surface area (Å²) in [6.45, 7) is 3.91. The molecule has 0 heterocycles. The molecule has 0 spiro atoms. The summed E-state index contributed by atoms with van der Waals surface area (Å²) in [6, 6.07) is 13.8. The summed E-state index contributed by atoms with van der Waals surface area (Å²) in [5, 5.41) is 2.65. The van der Waals surface area contributed by atoms with Crippen LogP contribution in [0, 0.1) is 0 Å². The van der Waals surface area contributed by atoms with Crippen LogP contribution in [0.1, 0.15) is 24.2 Å². The van der Waals surface area contributed by atoms with Gasteiger partial charge in [0.15, 0.2) is 12.4 Å². The smallest absolute Gasteiger partial charge is 0.221 e. The topological polar surface area (TPSA) is 64.6 Å². The number of ether oxygens (including phenoxy) is 2. The minimum atomic E-state index is -0.150. The molecule has 0 aliphatic rings. The van der Waals surface area contributed by atoms with Crippen LogP contribution in [0.3, 0.4) is 0 Å². The molecule has 1 N–H and O–H groups in total. The van der Waals surface area contributed by atoms with Crippen LogP contribution in [0.25, 0.3) is 0 Å². The lowest BCUT2D eigenvalue weighted by atomic mass is 10.1. The summed E-state index contributed by atoms with van der Waals surface area (Å²) in [7, 11) is 0. The van der Waals surface area contributed by atoms with E-state index in [1.54, 1.807) is 48.5 Å². The second-order valence-electron chi connectivity index (χ2n) is 4.87. The molecule has 0 fully saturated rings. The van der Waals surface area contributed by atoms with Gasteiger partial charge in [-0.1, -0.05) is 0 Å². The average Bonchev–Trinajstić information content (AvgIpc) is 2.54. The molecule has 23 heavy (non-hydrogen) atoms. The number of anilines is 1. The van der Waals surface area contributed by atoms with Crippen molar-refractivity contribution in [1.29, 1.82) is 0 Å². The van der Waals surface area contributed by atoms with Crippen LogP contribution in [-0.2, 0) is 4.79 Å². The molecule has 2 rings (SSSR count). The van der Waals surface area contributed by atoms with Gasteiger partial charge in [0.25, 0.3) is 0 Å². The van der Waals surface area contributed by atoms with Crippen LogP contribution < -0.4 is 14.8 Å². The van der Waals surface area contributed by atoms with Gasteiger partial charge in [-0.25, -0.2) is 0 Å². The molecule has 120 valence electrons. The molecule has 0 aliphatic heterocycles. The van der Waals surface area contributed by atoms with Crippen molar-refractivity contribution in [3.63, 3.8) is 0 Å². The Labute approximate surface area is 135 Å². The van der Waals surface area contributed by atoms with E-state index >= 15 is 0 Å². The lowest BCUT2D eigenvalue weighted by molar-refractivity contribution is -0.114. The molecule has 0 atom stereocenters. The Morgan fingerprint density at radius 3 is 2.00 bits per heavy atom. The largest absolute Gasteiger partial charge is 0.494 e. The number of benzene rings is 2. The van der Waals surface area contributed by atoms with Crippen molar-refractivity contribution in [3.8, 4) is 11.5 Å². The van der Waals surface area contributed by atoms with Crippen LogP contribution in [-0.4, -0.2) is 24.9 Å². The standard InChI is InChI=1S/C18H19NO4/c1-3-22-16-8-10-17(11-9-16)23-12-18(21)14-4-6-15(7-5-14)19-13(2)20/h4-11H,3,12H2,1-2H3,(H,19,20). The number of amides is 1. The molecule has 0 bridgehead atoms. The first-order chi connectivity index (χ1) is 11.1. The van der Waals surface area contributed by atoms with E-state index < -0.39 is 0 Å². The number of Topliss-reactive ketones (excluding diaryl/α,β-unsaturated/α-hetero) is 1. The van der Waals surface area contributed by atoms with Gasteiger partial charge in [0.1, 0.15) is 11.5 Å². The number of hydrogen-bond donors (Lipinski definition) is 1. The zero-order valence-electron chi connectivity index (χ0n) is 13.2. The Morgan fingerprint density at radius 1 is 0.913 bits per heavy atom. The van der Waals surface area contributed by atoms with E-state index in [1.165, 1.54) is 6.92 Å². The van der Waals surface area contributed by atoms with Crippen molar-refractivity contribution in [2.45, 2.75) is 13.8 Å². The first kappa shape index (κ1) is 16.5. The summed E-state index contributed by atoms with van der Waals surface area (Å²) in [6.07, 6.45) is 0. The summed E-state index contributed by atoms with van der Waals surface area (Å²) >= 11 is 0. The van der Waals surface area contributed by atoms with Crippen LogP contribution in [0.2, 0.25) is 0 Å². The van der Waals surface area contributed by atoms with Gasteiger partial charge in [0, 0.05) is 18.2 Å². The predicted molar refractivity (Wildman–Crippen MR) is 88.2 cm³/mol. The van der Waals surface area contributed by atoms with E-state index in [0.717, 1.165) is 5.75 Å². The Hall–Kier alpha value is -2.82. The second kappa shape index (κ2) is 7.98. The maximum atomic E-state index is 12.1. The first-order valence-electron chi connectivity index (χ1n) is 7.35. The lowest BCUT2D eigenvalue weighted by Gasteiger charge is -2.08. The van der Waals surface area contributed by atoms with Gasteiger partial charge in [-0.15, -0.1) is 0 Å². The van der Waals surface area contributed by atoms with Gasteiger partial charge < -0.3 is 14.8 Å². The van der Waals surface area contributed by atoms with Crippen molar-refractivity contribution >= 4 is 17.4 Å². The first-order valence-corrected chi connectivity index (χ1v) is 7.35. The highest BCUT2D eigenvalue weighted by atomic mass is 16.5. The zero-order valence-corrected chi connectivity index (χ0v) is 13.2. The van der Waals surface area contributed by atoms with Gasteiger partial charge in [0.2, 0.25) is 5.91 Å². The molecular weight excluding hydrogens is 294 g/mol. The summed E-state index contributed by atoms with van der Waals surface area (Å²) < 4.78 is 10.8. The number of carbonyl (C=O) groups excluding carboxylic acids is 2. The molecule has 0 saturated carbocycles. The van der Waals surface area contributed by atoms with Crippen molar-refractivity contribution in [1.82, 2.24) is 0 Å².